The highest BCUT2D eigenvalue weighted by Gasteiger charge is 2.23. The molecule has 8 heteroatoms. The number of alkyl carbamates (subject to hydrolysis) is 1. The molecule has 0 aliphatic carbocycles. The lowest BCUT2D eigenvalue weighted by molar-refractivity contribution is -0.123. The predicted octanol–water partition coefficient (Wildman–Crippen LogP) is 1.31. The van der Waals surface area contributed by atoms with Gasteiger partial charge < -0.3 is 20.7 Å². The lowest BCUT2D eigenvalue weighted by Crippen LogP contribution is -2.48. The van der Waals surface area contributed by atoms with E-state index in [1.54, 1.807) is 27.7 Å². The van der Waals surface area contributed by atoms with Crippen LogP contribution in [-0.4, -0.2) is 48.0 Å². The summed E-state index contributed by atoms with van der Waals surface area (Å²) >= 11 is 3.05. The molecule has 0 spiro atoms. The van der Waals surface area contributed by atoms with Crippen molar-refractivity contribution >= 4 is 33.8 Å². The SMILES string of the molecule is CCNC(=O)[C@H](CCCNC(=O)CBr)NC(=O)OC(C)(C)C. The van der Waals surface area contributed by atoms with E-state index in [0.717, 1.165) is 0 Å². The molecule has 0 saturated heterocycles. The minimum absolute atomic E-state index is 0.116. The van der Waals surface area contributed by atoms with Crippen molar-refractivity contribution < 1.29 is 19.1 Å². The maximum Gasteiger partial charge on any atom is 0.408 e. The van der Waals surface area contributed by atoms with Gasteiger partial charge in [0.25, 0.3) is 0 Å². The van der Waals surface area contributed by atoms with Gasteiger partial charge in [0, 0.05) is 13.1 Å². The van der Waals surface area contributed by atoms with Crippen molar-refractivity contribution in [3.63, 3.8) is 0 Å². The van der Waals surface area contributed by atoms with Gasteiger partial charge in [0.2, 0.25) is 11.8 Å². The maximum atomic E-state index is 12.0. The Morgan fingerprint density at radius 2 is 1.82 bits per heavy atom. The van der Waals surface area contributed by atoms with Crippen LogP contribution < -0.4 is 16.0 Å². The van der Waals surface area contributed by atoms with Crippen LogP contribution in [0.3, 0.4) is 0 Å². The summed E-state index contributed by atoms with van der Waals surface area (Å²) in [5.74, 6) is -0.380. The third kappa shape index (κ3) is 10.4. The standard InChI is InChI=1S/C14H26BrN3O4/c1-5-16-12(20)10(7-6-8-17-11(19)9-15)18-13(21)22-14(2,3)4/h10H,5-9H2,1-4H3,(H,16,20)(H,17,19)(H,18,21)/t10-/m0/s1. The van der Waals surface area contributed by atoms with Crippen molar-refractivity contribution in [3.8, 4) is 0 Å². The first-order valence-electron chi connectivity index (χ1n) is 7.29. The molecule has 0 radical (unpaired) electrons. The Labute approximate surface area is 140 Å². The molecule has 0 aromatic heterocycles. The molecule has 0 unspecified atom stereocenters. The lowest BCUT2D eigenvalue weighted by atomic mass is 10.1. The molecular weight excluding hydrogens is 354 g/mol. The summed E-state index contributed by atoms with van der Waals surface area (Å²) in [6.07, 6.45) is 0.345. The second-order valence-corrected chi connectivity index (χ2v) is 6.28. The molecular formula is C14H26BrN3O4. The number of carbonyl (C=O) groups excluding carboxylic acids is 3. The summed E-state index contributed by atoms with van der Waals surface area (Å²) in [7, 11) is 0. The average Bonchev–Trinajstić information content (AvgIpc) is 2.39. The molecule has 0 aliphatic rings. The van der Waals surface area contributed by atoms with E-state index in [-0.39, 0.29) is 17.1 Å². The quantitative estimate of drug-likeness (QED) is 0.437. The predicted molar refractivity (Wildman–Crippen MR) is 87.9 cm³/mol. The Bertz CT molecular complexity index is 383. The van der Waals surface area contributed by atoms with Crippen LogP contribution in [0.1, 0.15) is 40.5 Å². The third-order valence-corrected chi connectivity index (χ3v) is 2.98. The van der Waals surface area contributed by atoms with Gasteiger partial charge in [-0.15, -0.1) is 0 Å². The number of carbonyl (C=O) groups is 3. The van der Waals surface area contributed by atoms with Crippen molar-refractivity contribution in [1.82, 2.24) is 16.0 Å². The smallest absolute Gasteiger partial charge is 0.408 e. The van der Waals surface area contributed by atoms with Gasteiger partial charge in [0.05, 0.1) is 5.33 Å². The van der Waals surface area contributed by atoms with Crippen molar-refractivity contribution in [3.05, 3.63) is 0 Å². The normalized spacial score (nSPS) is 12.2. The fraction of sp³-hybridized carbons (Fsp3) is 0.786. The first-order chi connectivity index (χ1) is 10.2. The fourth-order valence-corrected chi connectivity index (χ4v) is 1.80. The summed E-state index contributed by atoms with van der Waals surface area (Å²) in [5, 5.41) is 8.16. The first kappa shape index (κ1) is 20.7. The van der Waals surface area contributed by atoms with E-state index in [4.69, 9.17) is 4.74 Å². The minimum Gasteiger partial charge on any atom is -0.444 e. The summed E-state index contributed by atoms with van der Waals surface area (Å²) < 4.78 is 5.15. The highest BCUT2D eigenvalue weighted by Crippen LogP contribution is 2.07. The molecule has 0 heterocycles. The van der Waals surface area contributed by atoms with Gasteiger partial charge in [-0.25, -0.2) is 4.79 Å². The number of hydrogen-bond acceptors (Lipinski definition) is 4. The van der Waals surface area contributed by atoms with Crippen LogP contribution in [-0.2, 0) is 14.3 Å². The average molecular weight is 380 g/mol. The second-order valence-electron chi connectivity index (χ2n) is 5.72. The Morgan fingerprint density at radius 1 is 1.18 bits per heavy atom. The minimum atomic E-state index is -0.685. The molecule has 1 atom stereocenters. The van der Waals surface area contributed by atoms with E-state index >= 15 is 0 Å². The Hall–Kier alpha value is -1.31. The van der Waals surface area contributed by atoms with Crippen LogP contribution in [0.15, 0.2) is 0 Å². The Morgan fingerprint density at radius 3 is 2.32 bits per heavy atom. The van der Waals surface area contributed by atoms with Crippen molar-refractivity contribution in [2.75, 3.05) is 18.4 Å². The van der Waals surface area contributed by atoms with Crippen LogP contribution in [0.25, 0.3) is 0 Å². The summed E-state index contributed by atoms with van der Waals surface area (Å²) in [6, 6.07) is -0.685. The van der Waals surface area contributed by atoms with Crippen LogP contribution in [0.4, 0.5) is 4.79 Å². The van der Waals surface area contributed by atoms with Crippen molar-refractivity contribution in [1.29, 1.82) is 0 Å². The van der Waals surface area contributed by atoms with Gasteiger partial charge in [-0.3, -0.25) is 9.59 Å². The van der Waals surface area contributed by atoms with E-state index in [0.29, 0.717) is 25.9 Å². The van der Waals surface area contributed by atoms with E-state index in [2.05, 4.69) is 31.9 Å². The second kappa shape index (κ2) is 10.4. The number of hydrogen-bond donors (Lipinski definition) is 3. The van der Waals surface area contributed by atoms with Gasteiger partial charge in [-0.05, 0) is 40.5 Å². The van der Waals surface area contributed by atoms with Gasteiger partial charge in [0.15, 0.2) is 0 Å². The Kier molecular flexibility index (Phi) is 9.80. The maximum absolute atomic E-state index is 12.0. The molecule has 0 aromatic carbocycles. The number of likely N-dealkylation sites (N-methyl/N-ethyl adjacent to an activating group) is 1. The number of ether oxygens (including phenoxy) is 1. The van der Waals surface area contributed by atoms with Crippen LogP contribution in [0.2, 0.25) is 0 Å². The molecule has 0 aliphatic heterocycles. The molecule has 3 amide bonds. The first-order valence-corrected chi connectivity index (χ1v) is 8.41. The lowest BCUT2D eigenvalue weighted by Gasteiger charge is -2.23. The molecule has 0 rings (SSSR count). The summed E-state index contributed by atoms with van der Waals surface area (Å²) in [6.45, 7) is 7.98. The molecule has 0 saturated carbocycles. The largest absolute Gasteiger partial charge is 0.444 e. The monoisotopic (exact) mass is 379 g/mol. The molecule has 7 nitrogen and oxygen atoms in total. The zero-order valence-electron chi connectivity index (χ0n) is 13.6. The zero-order valence-corrected chi connectivity index (χ0v) is 15.2. The number of halogens is 1. The molecule has 0 aromatic rings. The summed E-state index contributed by atoms with van der Waals surface area (Å²) in [5.41, 5.74) is -0.625. The number of alkyl halides is 1. The van der Waals surface area contributed by atoms with Crippen LogP contribution in [0, 0.1) is 0 Å². The fourth-order valence-electron chi connectivity index (χ4n) is 1.60. The van der Waals surface area contributed by atoms with Gasteiger partial charge in [-0.2, -0.15) is 0 Å². The van der Waals surface area contributed by atoms with E-state index in [1.165, 1.54) is 0 Å². The molecule has 22 heavy (non-hydrogen) atoms. The van der Waals surface area contributed by atoms with Crippen molar-refractivity contribution in [2.24, 2.45) is 0 Å². The number of amides is 3. The third-order valence-electron chi connectivity index (χ3n) is 2.47. The van der Waals surface area contributed by atoms with Gasteiger partial charge in [-0.1, -0.05) is 15.9 Å². The van der Waals surface area contributed by atoms with Crippen LogP contribution in [0.5, 0.6) is 0 Å². The molecule has 0 fully saturated rings. The van der Waals surface area contributed by atoms with E-state index < -0.39 is 17.7 Å². The number of rotatable bonds is 8. The highest BCUT2D eigenvalue weighted by atomic mass is 79.9. The molecule has 0 bridgehead atoms. The topological polar surface area (TPSA) is 96.5 Å². The number of nitrogens with one attached hydrogen (secondary N) is 3. The highest BCUT2D eigenvalue weighted by molar-refractivity contribution is 9.09. The van der Waals surface area contributed by atoms with E-state index in [9.17, 15) is 14.4 Å². The van der Waals surface area contributed by atoms with Gasteiger partial charge in [0.1, 0.15) is 11.6 Å². The van der Waals surface area contributed by atoms with Crippen LogP contribution >= 0.6 is 15.9 Å². The zero-order chi connectivity index (χ0) is 17.2. The molecule has 128 valence electrons. The van der Waals surface area contributed by atoms with Crippen molar-refractivity contribution in [2.45, 2.75) is 52.2 Å². The molecule has 3 N–H and O–H groups in total. The Balaban J connectivity index is 4.41. The summed E-state index contributed by atoms with van der Waals surface area (Å²) in [4.78, 5) is 34.8. The van der Waals surface area contributed by atoms with E-state index in [1.807, 2.05) is 0 Å². The van der Waals surface area contributed by atoms with Gasteiger partial charge >= 0.3 is 6.09 Å².